The summed E-state index contributed by atoms with van der Waals surface area (Å²) in [4.78, 5) is 22.8. The number of hydrogen-bond acceptors (Lipinski definition) is 4. The van der Waals surface area contributed by atoms with E-state index in [4.69, 9.17) is 0 Å². The van der Waals surface area contributed by atoms with Gasteiger partial charge in [-0.3, -0.25) is 0 Å². The highest BCUT2D eigenvalue weighted by Crippen LogP contribution is 2.16. The van der Waals surface area contributed by atoms with E-state index < -0.39 is 5.97 Å². The van der Waals surface area contributed by atoms with Gasteiger partial charge in [0.05, 0.1) is 18.1 Å². The molecular weight excluding hydrogens is 194 g/mol. The SMILES string of the molecule is COC(=O)c1nc(C)nc2cc(C)[nH]c12. The van der Waals surface area contributed by atoms with Crippen LogP contribution in [0.4, 0.5) is 0 Å². The normalized spacial score (nSPS) is 10.6. The van der Waals surface area contributed by atoms with Crippen LogP contribution in [0.3, 0.4) is 0 Å². The van der Waals surface area contributed by atoms with Gasteiger partial charge in [0, 0.05) is 5.69 Å². The first-order chi connectivity index (χ1) is 7.11. The fraction of sp³-hybridized carbons (Fsp3) is 0.300. The number of carbonyl (C=O) groups is 1. The Bertz CT molecular complexity index is 531. The lowest BCUT2D eigenvalue weighted by molar-refractivity contribution is 0.0596. The maximum Gasteiger partial charge on any atom is 0.358 e. The van der Waals surface area contributed by atoms with Gasteiger partial charge in [-0.25, -0.2) is 14.8 Å². The van der Waals surface area contributed by atoms with E-state index in [0.717, 1.165) is 11.2 Å². The molecule has 0 bridgehead atoms. The molecule has 2 aromatic heterocycles. The van der Waals surface area contributed by atoms with Crippen LogP contribution in [0.2, 0.25) is 0 Å². The van der Waals surface area contributed by atoms with Gasteiger partial charge in [-0.1, -0.05) is 0 Å². The van der Waals surface area contributed by atoms with Crippen LogP contribution < -0.4 is 0 Å². The Hall–Kier alpha value is -1.91. The van der Waals surface area contributed by atoms with Crippen molar-refractivity contribution in [3.05, 3.63) is 23.3 Å². The molecule has 0 aromatic carbocycles. The third-order valence-electron chi connectivity index (χ3n) is 2.10. The number of aromatic amines is 1. The van der Waals surface area contributed by atoms with E-state index in [1.54, 1.807) is 6.92 Å². The summed E-state index contributed by atoms with van der Waals surface area (Å²) in [5.74, 6) is 0.106. The molecule has 0 saturated heterocycles. The van der Waals surface area contributed by atoms with Gasteiger partial charge in [-0.15, -0.1) is 0 Å². The Labute approximate surface area is 86.5 Å². The molecule has 0 aliphatic rings. The molecule has 0 unspecified atom stereocenters. The Morgan fingerprint density at radius 1 is 1.40 bits per heavy atom. The number of ether oxygens (including phenoxy) is 1. The quantitative estimate of drug-likeness (QED) is 0.714. The lowest BCUT2D eigenvalue weighted by Crippen LogP contribution is -2.07. The second kappa shape index (κ2) is 3.34. The summed E-state index contributed by atoms with van der Waals surface area (Å²) >= 11 is 0. The van der Waals surface area contributed by atoms with E-state index in [9.17, 15) is 4.79 Å². The van der Waals surface area contributed by atoms with Crippen LogP contribution in [0.25, 0.3) is 11.0 Å². The van der Waals surface area contributed by atoms with Crippen LogP contribution in [-0.2, 0) is 4.74 Å². The fourth-order valence-electron chi connectivity index (χ4n) is 1.50. The molecule has 78 valence electrons. The summed E-state index contributed by atoms with van der Waals surface area (Å²) in [6.45, 7) is 3.65. The van der Waals surface area contributed by atoms with Crippen molar-refractivity contribution in [1.82, 2.24) is 15.0 Å². The molecule has 0 aliphatic carbocycles. The second-order valence-corrected chi connectivity index (χ2v) is 3.32. The molecule has 2 aromatic rings. The van der Waals surface area contributed by atoms with Crippen molar-refractivity contribution < 1.29 is 9.53 Å². The minimum Gasteiger partial charge on any atom is -0.464 e. The number of methoxy groups -OCH3 is 1. The van der Waals surface area contributed by atoms with Crippen LogP contribution in [-0.4, -0.2) is 28.0 Å². The largest absolute Gasteiger partial charge is 0.464 e. The minimum absolute atomic E-state index is 0.285. The molecule has 0 radical (unpaired) electrons. The highest BCUT2D eigenvalue weighted by Gasteiger charge is 2.15. The number of rotatable bonds is 1. The first-order valence-corrected chi connectivity index (χ1v) is 4.54. The molecule has 0 atom stereocenters. The number of carbonyl (C=O) groups excluding carboxylic acids is 1. The Balaban J connectivity index is 2.75. The molecule has 0 amide bonds. The molecule has 5 heteroatoms. The first-order valence-electron chi connectivity index (χ1n) is 4.54. The lowest BCUT2D eigenvalue weighted by atomic mass is 10.3. The lowest BCUT2D eigenvalue weighted by Gasteiger charge is -2.00. The second-order valence-electron chi connectivity index (χ2n) is 3.32. The maximum absolute atomic E-state index is 11.5. The summed E-state index contributed by atoms with van der Waals surface area (Å²) in [6.07, 6.45) is 0. The molecule has 2 rings (SSSR count). The van der Waals surface area contributed by atoms with Gasteiger partial charge < -0.3 is 9.72 Å². The van der Waals surface area contributed by atoms with Crippen LogP contribution in [0.1, 0.15) is 22.0 Å². The molecule has 0 aliphatic heterocycles. The summed E-state index contributed by atoms with van der Waals surface area (Å²) < 4.78 is 4.66. The van der Waals surface area contributed by atoms with Crippen molar-refractivity contribution in [2.24, 2.45) is 0 Å². The smallest absolute Gasteiger partial charge is 0.358 e. The highest BCUT2D eigenvalue weighted by molar-refractivity contribution is 5.99. The van der Waals surface area contributed by atoms with E-state index in [1.807, 2.05) is 13.0 Å². The minimum atomic E-state index is -0.452. The molecular formula is C10H11N3O2. The average molecular weight is 205 g/mol. The Morgan fingerprint density at radius 2 is 2.13 bits per heavy atom. The van der Waals surface area contributed by atoms with E-state index in [-0.39, 0.29) is 5.69 Å². The maximum atomic E-state index is 11.5. The number of nitrogens with zero attached hydrogens (tertiary/aromatic N) is 2. The van der Waals surface area contributed by atoms with Crippen molar-refractivity contribution in [3.63, 3.8) is 0 Å². The van der Waals surface area contributed by atoms with E-state index in [0.29, 0.717) is 11.3 Å². The van der Waals surface area contributed by atoms with Crippen LogP contribution in [0.5, 0.6) is 0 Å². The zero-order valence-electron chi connectivity index (χ0n) is 8.79. The average Bonchev–Trinajstić information content (AvgIpc) is 2.55. The summed E-state index contributed by atoms with van der Waals surface area (Å²) in [6, 6.07) is 1.87. The number of fused-ring (bicyclic) bond motifs is 1. The molecule has 1 N–H and O–H groups in total. The first kappa shape index (κ1) is 9.64. The Morgan fingerprint density at radius 3 is 2.80 bits per heavy atom. The van der Waals surface area contributed by atoms with Crippen LogP contribution in [0, 0.1) is 13.8 Å². The number of H-pyrrole nitrogens is 1. The number of aryl methyl sites for hydroxylation is 2. The van der Waals surface area contributed by atoms with Crippen LogP contribution >= 0.6 is 0 Å². The molecule has 15 heavy (non-hydrogen) atoms. The molecule has 0 saturated carbocycles. The molecule has 0 fully saturated rings. The predicted molar refractivity (Wildman–Crippen MR) is 54.7 cm³/mol. The van der Waals surface area contributed by atoms with Gasteiger partial charge in [0.1, 0.15) is 5.82 Å². The molecule has 5 nitrogen and oxygen atoms in total. The third-order valence-corrected chi connectivity index (χ3v) is 2.10. The summed E-state index contributed by atoms with van der Waals surface area (Å²) in [5.41, 5.74) is 2.59. The zero-order chi connectivity index (χ0) is 11.0. The number of nitrogens with one attached hydrogen (secondary N) is 1. The Kier molecular flexibility index (Phi) is 2.15. The van der Waals surface area contributed by atoms with Gasteiger partial charge in [0.15, 0.2) is 5.69 Å². The molecule has 2 heterocycles. The van der Waals surface area contributed by atoms with Gasteiger partial charge in [0.25, 0.3) is 0 Å². The van der Waals surface area contributed by atoms with Crippen molar-refractivity contribution in [2.45, 2.75) is 13.8 Å². The van der Waals surface area contributed by atoms with Crippen molar-refractivity contribution in [3.8, 4) is 0 Å². The highest BCUT2D eigenvalue weighted by atomic mass is 16.5. The summed E-state index contributed by atoms with van der Waals surface area (Å²) in [7, 11) is 1.33. The fourth-order valence-corrected chi connectivity index (χ4v) is 1.50. The van der Waals surface area contributed by atoms with Gasteiger partial charge >= 0.3 is 5.97 Å². The summed E-state index contributed by atoms with van der Waals surface area (Å²) in [5, 5.41) is 0. The zero-order valence-corrected chi connectivity index (χ0v) is 8.79. The van der Waals surface area contributed by atoms with E-state index >= 15 is 0 Å². The van der Waals surface area contributed by atoms with Crippen molar-refractivity contribution in [2.75, 3.05) is 7.11 Å². The number of aromatic nitrogens is 3. The van der Waals surface area contributed by atoms with Crippen molar-refractivity contribution >= 4 is 17.0 Å². The third kappa shape index (κ3) is 1.56. The van der Waals surface area contributed by atoms with Crippen molar-refractivity contribution in [1.29, 1.82) is 0 Å². The monoisotopic (exact) mass is 205 g/mol. The number of hydrogen-bond donors (Lipinski definition) is 1. The van der Waals surface area contributed by atoms with Gasteiger partial charge in [-0.2, -0.15) is 0 Å². The topological polar surface area (TPSA) is 67.9 Å². The molecule has 0 spiro atoms. The predicted octanol–water partition coefficient (Wildman–Crippen LogP) is 1.36. The standard InChI is InChI=1S/C10H11N3O2/c1-5-4-7-8(11-5)9(10(14)15-3)13-6(2)12-7/h4,11H,1-3H3. The van der Waals surface area contributed by atoms with Crippen LogP contribution in [0.15, 0.2) is 6.07 Å². The van der Waals surface area contributed by atoms with Gasteiger partial charge in [-0.05, 0) is 19.9 Å². The van der Waals surface area contributed by atoms with E-state index in [1.165, 1.54) is 7.11 Å². The van der Waals surface area contributed by atoms with E-state index in [2.05, 4.69) is 19.7 Å². The number of esters is 1. The van der Waals surface area contributed by atoms with Gasteiger partial charge in [0.2, 0.25) is 0 Å².